The number of nitrogens with zero attached hydrogens (tertiary/aromatic N) is 1. The summed E-state index contributed by atoms with van der Waals surface area (Å²) in [6, 6.07) is 6.92. The molecule has 0 spiro atoms. The van der Waals surface area contributed by atoms with Gasteiger partial charge in [-0.25, -0.2) is 9.89 Å². The molecule has 0 aliphatic rings. The average Bonchev–Trinajstić information content (AvgIpc) is 2.33. The van der Waals surface area contributed by atoms with Crippen LogP contribution in [0.5, 0.6) is 11.6 Å². The maximum atomic E-state index is 11.3. The van der Waals surface area contributed by atoms with Crippen molar-refractivity contribution in [2.45, 2.75) is 6.54 Å². The van der Waals surface area contributed by atoms with Gasteiger partial charge in [0.05, 0.1) is 0 Å². The zero-order chi connectivity index (χ0) is 12.3. The van der Waals surface area contributed by atoms with Crippen molar-refractivity contribution in [1.82, 2.24) is 15.2 Å². The van der Waals surface area contributed by atoms with E-state index in [1.807, 2.05) is 11.1 Å². The third kappa shape index (κ3) is 2.58. The molecule has 0 unspecified atom stereocenters. The van der Waals surface area contributed by atoms with Gasteiger partial charge in [0.1, 0.15) is 5.75 Å². The summed E-state index contributed by atoms with van der Waals surface area (Å²) in [4.78, 5) is 24.1. The lowest BCUT2D eigenvalue weighted by Crippen LogP contribution is -2.24. The standard InChI is InChI=1S/C10H10N4O3/c11-5-6-2-1-3-7(4-6)17-9-8(15)12-10(16)14-13-9/h1-4H,5,11H2,(H2,12,14,15,16). The number of rotatable bonds is 3. The summed E-state index contributed by atoms with van der Waals surface area (Å²) >= 11 is 0. The topological polar surface area (TPSA) is 114 Å². The maximum absolute atomic E-state index is 11.3. The number of hydrogen-bond donors (Lipinski definition) is 3. The van der Waals surface area contributed by atoms with Gasteiger partial charge in [0.25, 0.3) is 0 Å². The molecule has 0 fully saturated rings. The molecule has 2 rings (SSSR count). The zero-order valence-electron chi connectivity index (χ0n) is 8.77. The molecule has 1 aromatic carbocycles. The molecule has 7 nitrogen and oxygen atoms in total. The molecule has 0 amide bonds. The van der Waals surface area contributed by atoms with E-state index in [0.29, 0.717) is 12.3 Å². The average molecular weight is 234 g/mol. The van der Waals surface area contributed by atoms with Crippen molar-refractivity contribution in [3.05, 3.63) is 50.7 Å². The molecule has 0 atom stereocenters. The summed E-state index contributed by atoms with van der Waals surface area (Å²) in [6.45, 7) is 0.368. The number of nitrogens with one attached hydrogen (secondary N) is 2. The number of nitrogens with two attached hydrogens (primary N) is 1. The Bertz CT molecular complexity index is 632. The molecule has 4 N–H and O–H groups in total. The highest BCUT2D eigenvalue weighted by Gasteiger charge is 2.05. The second kappa shape index (κ2) is 4.62. The van der Waals surface area contributed by atoms with Crippen LogP contribution in [0, 0.1) is 0 Å². The number of aromatic nitrogens is 3. The van der Waals surface area contributed by atoms with Crippen LogP contribution in [-0.4, -0.2) is 15.2 Å². The molecular formula is C10H10N4O3. The molecule has 2 aromatic rings. The molecule has 17 heavy (non-hydrogen) atoms. The van der Waals surface area contributed by atoms with Crippen LogP contribution in [0.4, 0.5) is 0 Å². The maximum Gasteiger partial charge on any atom is 0.342 e. The summed E-state index contributed by atoms with van der Waals surface area (Å²) in [6.07, 6.45) is 0. The molecule has 0 aliphatic heterocycles. The van der Waals surface area contributed by atoms with Crippen LogP contribution in [0.1, 0.15) is 5.56 Å². The largest absolute Gasteiger partial charge is 0.434 e. The fourth-order valence-electron chi connectivity index (χ4n) is 1.25. The highest BCUT2D eigenvalue weighted by molar-refractivity contribution is 5.30. The smallest absolute Gasteiger partial charge is 0.342 e. The Morgan fingerprint density at radius 1 is 1.35 bits per heavy atom. The summed E-state index contributed by atoms with van der Waals surface area (Å²) in [5, 5.41) is 5.57. The van der Waals surface area contributed by atoms with E-state index < -0.39 is 11.2 Å². The van der Waals surface area contributed by atoms with Crippen LogP contribution in [0.15, 0.2) is 33.9 Å². The van der Waals surface area contributed by atoms with Gasteiger partial charge >= 0.3 is 17.1 Å². The summed E-state index contributed by atoms with van der Waals surface area (Å²) in [5.41, 5.74) is 4.97. The highest BCUT2D eigenvalue weighted by Crippen LogP contribution is 2.16. The summed E-state index contributed by atoms with van der Waals surface area (Å²) in [5.74, 6) is 0.205. The van der Waals surface area contributed by atoms with Crippen molar-refractivity contribution in [3.63, 3.8) is 0 Å². The van der Waals surface area contributed by atoms with E-state index >= 15 is 0 Å². The number of aromatic amines is 2. The second-order valence-electron chi connectivity index (χ2n) is 3.27. The van der Waals surface area contributed by atoms with E-state index in [0.717, 1.165) is 5.56 Å². The minimum Gasteiger partial charge on any atom is -0.434 e. The van der Waals surface area contributed by atoms with Crippen LogP contribution in [-0.2, 0) is 6.54 Å². The fraction of sp³-hybridized carbons (Fsp3) is 0.100. The van der Waals surface area contributed by atoms with Gasteiger partial charge in [-0.3, -0.25) is 9.78 Å². The number of hydrogen-bond acceptors (Lipinski definition) is 5. The van der Waals surface area contributed by atoms with Gasteiger partial charge in [-0.1, -0.05) is 12.1 Å². The second-order valence-corrected chi connectivity index (χ2v) is 3.27. The van der Waals surface area contributed by atoms with E-state index in [1.54, 1.807) is 18.2 Å². The van der Waals surface area contributed by atoms with Crippen molar-refractivity contribution < 1.29 is 4.74 Å². The minimum atomic E-state index is -0.688. The lowest BCUT2D eigenvalue weighted by atomic mass is 10.2. The molecule has 7 heteroatoms. The predicted octanol–water partition coefficient (Wildman–Crippen LogP) is -0.291. The van der Waals surface area contributed by atoms with Gasteiger partial charge in [-0.05, 0) is 17.7 Å². The monoisotopic (exact) mass is 234 g/mol. The van der Waals surface area contributed by atoms with E-state index in [4.69, 9.17) is 10.5 Å². The van der Waals surface area contributed by atoms with Gasteiger partial charge in [0.15, 0.2) is 0 Å². The van der Waals surface area contributed by atoms with Crippen LogP contribution in [0.3, 0.4) is 0 Å². The Kier molecular flexibility index (Phi) is 3.01. The van der Waals surface area contributed by atoms with Gasteiger partial charge in [-0.2, -0.15) is 0 Å². The fourth-order valence-corrected chi connectivity index (χ4v) is 1.25. The van der Waals surface area contributed by atoms with Crippen molar-refractivity contribution in [1.29, 1.82) is 0 Å². The van der Waals surface area contributed by atoms with Gasteiger partial charge < -0.3 is 10.5 Å². The molecular weight excluding hydrogens is 224 g/mol. The van der Waals surface area contributed by atoms with Crippen LogP contribution in [0.25, 0.3) is 0 Å². The number of ether oxygens (including phenoxy) is 1. The van der Waals surface area contributed by atoms with Gasteiger partial charge in [0.2, 0.25) is 0 Å². The molecule has 0 bridgehead atoms. The van der Waals surface area contributed by atoms with Crippen molar-refractivity contribution in [2.75, 3.05) is 0 Å². The van der Waals surface area contributed by atoms with Gasteiger partial charge in [0, 0.05) is 6.54 Å². The molecule has 88 valence electrons. The molecule has 0 saturated carbocycles. The number of benzene rings is 1. The third-order valence-corrected chi connectivity index (χ3v) is 2.03. The van der Waals surface area contributed by atoms with E-state index in [9.17, 15) is 9.59 Å². The van der Waals surface area contributed by atoms with Crippen LogP contribution in [0.2, 0.25) is 0 Å². The van der Waals surface area contributed by atoms with Crippen molar-refractivity contribution in [3.8, 4) is 11.6 Å². The van der Waals surface area contributed by atoms with E-state index in [1.165, 1.54) is 0 Å². The first kappa shape index (κ1) is 11.1. The normalized spacial score (nSPS) is 10.2. The Morgan fingerprint density at radius 3 is 2.88 bits per heavy atom. The van der Waals surface area contributed by atoms with Crippen molar-refractivity contribution >= 4 is 0 Å². The summed E-state index contributed by atoms with van der Waals surface area (Å²) < 4.78 is 5.23. The quantitative estimate of drug-likeness (QED) is 0.675. The van der Waals surface area contributed by atoms with Gasteiger partial charge in [-0.15, -0.1) is 5.10 Å². The first-order valence-electron chi connectivity index (χ1n) is 4.85. The zero-order valence-corrected chi connectivity index (χ0v) is 8.77. The van der Waals surface area contributed by atoms with Crippen LogP contribution < -0.4 is 21.7 Å². The summed E-state index contributed by atoms with van der Waals surface area (Å²) in [7, 11) is 0. The van der Waals surface area contributed by atoms with Crippen LogP contribution >= 0.6 is 0 Å². The number of H-pyrrole nitrogens is 2. The molecule has 0 aliphatic carbocycles. The first-order valence-corrected chi connectivity index (χ1v) is 4.85. The Balaban J connectivity index is 2.31. The molecule has 1 aromatic heterocycles. The van der Waals surface area contributed by atoms with Crippen molar-refractivity contribution in [2.24, 2.45) is 5.73 Å². The first-order chi connectivity index (χ1) is 8.19. The Hall–Kier alpha value is -2.41. The van der Waals surface area contributed by atoms with E-state index in [2.05, 4.69) is 10.2 Å². The predicted molar refractivity (Wildman–Crippen MR) is 59.9 cm³/mol. The van der Waals surface area contributed by atoms with E-state index in [-0.39, 0.29) is 5.88 Å². The lowest BCUT2D eigenvalue weighted by Gasteiger charge is -2.04. The third-order valence-electron chi connectivity index (χ3n) is 2.03. The molecule has 0 saturated heterocycles. The lowest BCUT2D eigenvalue weighted by molar-refractivity contribution is 0.442. The SMILES string of the molecule is NCc1cccc(Oc2n[nH]c(=O)[nH]c2=O)c1. The molecule has 1 heterocycles. The minimum absolute atomic E-state index is 0.223. The Labute approximate surface area is 95.3 Å². The Morgan fingerprint density at radius 2 is 2.18 bits per heavy atom. The highest BCUT2D eigenvalue weighted by atomic mass is 16.5. The molecule has 0 radical (unpaired) electrons.